The van der Waals surface area contributed by atoms with Crippen LogP contribution in [-0.4, -0.2) is 82.3 Å². The maximum absolute atomic E-state index is 12.8. The standard InChI is InChI=1S/C18H28N4O4/c1-13-15(17(24)20-14(2)19-13)9-16(23)22-7-8-26-12-18(25,11-22)10-21-5-3-4-6-21/h25H,3-12H2,1-2H3,(H,19,20,24)/t18-/m0/s1. The number of amides is 1. The molecule has 1 aromatic heterocycles. The second-order valence-electron chi connectivity index (χ2n) is 7.47. The first-order chi connectivity index (χ1) is 12.4. The number of likely N-dealkylation sites (tertiary alicyclic amines) is 1. The lowest BCUT2D eigenvalue weighted by molar-refractivity contribution is -0.133. The van der Waals surface area contributed by atoms with Crippen LogP contribution in [-0.2, 0) is 16.0 Å². The number of H-pyrrole nitrogens is 1. The number of rotatable bonds is 4. The van der Waals surface area contributed by atoms with Crippen LogP contribution in [0, 0.1) is 13.8 Å². The fourth-order valence-corrected chi connectivity index (χ4v) is 3.80. The first-order valence-corrected chi connectivity index (χ1v) is 9.23. The molecule has 8 heteroatoms. The maximum Gasteiger partial charge on any atom is 0.254 e. The van der Waals surface area contributed by atoms with Crippen LogP contribution < -0.4 is 5.56 Å². The van der Waals surface area contributed by atoms with Gasteiger partial charge in [0.1, 0.15) is 11.4 Å². The van der Waals surface area contributed by atoms with Gasteiger partial charge in [-0.2, -0.15) is 0 Å². The van der Waals surface area contributed by atoms with Crippen molar-refractivity contribution in [2.75, 3.05) is 45.9 Å². The zero-order valence-corrected chi connectivity index (χ0v) is 15.6. The molecule has 2 fully saturated rings. The molecule has 3 rings (SSSR count). The Labute approximate surface area is 153 Å². The molecule has 1 aromatic rings. The molecule has 0 aliphatic carbocycles. The molecule has 0 spiro atoms. The first-order valence-electron chi connectivity index (χ1n) is 9.23. The Bertz CT molecular complexity index is 714. The Balaban J connectivity index is 1.70. The number of nitrogens with zero attached hydrogens (tertiary/aromatic N) is 3. The van der Waals surface area contributed by atoms with E-state index in [0.717, 1.165) is 25.9 Å². The molecule has 2 aliphatic rings. The number of nitrogens with one attached hydrogen (secondary N) is 1. The quantitative estimate of drug-likeness (QED) is 0.755. The zero-order chi connectivity index (χ0) is 18.7. The molecule has 2 aliphatic heterocycles. The summed E-state index contributed by atoms with van der Waals surface area (Å²) in [6, 6.07) is 0. The third kappa shape index (κ3) is 4.49. The van der Waals surface area contributed by atoms with Crippen LogP contribution in [0.3, 0.4) is 0 Å². The van der Waals surface area contributed by atoms with E-state index in [1.165, 1.54) is 0 Å². The fraction of sp³-hybridized carbons (Fsp3) is 0.722. The normalized spacial score (nSPS) is 24.7. The molecule has 0 radical (unpaired) electrons. The predicted octanol–water partition coefficient (Wildman–Crippen LogP) is -0.385. The Morgan fingerprint density at radius 2 is 2.04 bits per heavy atom. The van der Waals surface area contributed by atoms with Crippen LogP contribution >= 0.6 is 0 Å². The SMILES string of the molecule is Cc1nc(C)c(CC(=O)N2CCOC[C@](O)(CN3CCCC3)C2)c(=O)[nH]1. The molecular weight excluding hydrogens is 336 g/mol. The van der Waals surface area contributed by atoms with E-state index in [1.807, 2.05) is 0 Å². The van der Waals surface area contributed by atoms with Crippen molar-refractivity contribution < 1.29 is 14.6 Å². The Kier molecular flexibility index (Phi) is 5.74. The number of aromatic nitrogens is 2. The summed E-state index contributed by atoms with van der Waals surface area (Å²) in [6.07, 6.45) is 2.26. The fourth-order valence-electron chi connectivity index (χ4n) is 3.80. The number of carbonyl (C=O) groups excluding carboxylic acids is 1. The highest BCUT2D eigenvalue weighted by Crippen LogP contribution is 2.18. The number of ether oxygens (including phenoxy) is 1. The molecule has 0 aromatic carbocycles. The Morgan fingerprint density at radius 1 is 1.31 bits per heavy atom. The van der Waals surface area contributed by atoms with Crippen LogP contribution in [0.1, 0.15) is 29.9 Å². The zero-order valence-electron chi connectivity index (χ0n) is 15.6. The number of β-amino-alcohol motifs (C(OH)–C–C–N with tert-alkyl or cyclic N) is 1. The monoisotopic (exact) mass is 364 g/mol. The highest BCUT2D eigenvalue weighted by Gasteiger charge is 2.36. The number of carbonyl (C=O) groups is 1. The molecule has 2 saturated heterocycles. The lowest BCUT2D eigenvalue weighted by atomic mass is 10.0. The smallest absolute Gasteiger partial charge is 0.254 e. The highest BCUT2D eigenvalue weighted by atomic mass is 16.5. The molecule has 0 unspecified atom stereocenters. The number of hydrogen-bond donors (Lipinski definition) is 2. The van der Waals surface area contributed by atoms with Gasteiger partial charge in [0, 0.05) is 24.3 Å². The van der Waals surface area contributed by atoms with Gasteiger partial charge in [-0.15, -0.1) is 0 Å². The van der Waals surface area contributed by atoms with Crippen molar-refractivity contribution in [3.05, 3.63) is 27.4 Å². The summed E-state index contributed by atoms with van der Waals surface area (Å²) < 4.78 is 5.56. The molecule has 1 atom stereocenters. The lowest BCUT2D eigenvalue weighted by Crippen LogP contribution is -2.53. The van der Waals surface area contributed by atoms with Crippen LogP contribution in [0.2, 0.25) is 0 Å². The average Bonchev–Trinajstić information content (AvgIpc) is 2.98. The van der Waals surface area contributed by atoms with E-state index < -0.39 is 5.60 Å². The molecule has 3 heterocycles. The number of hydrogen-bond acceptors (Lipinski definition) is 6. The summed E-state index contributed by atoms with van der Waals surface area (Å²) in [5.74, 6) is 0.349. The maximum atomic E-state index is 12.8. The third-order valence-electron chi connectivity index (χ3n) is 5.10. The van der Waals surface area contributed by atoms with Gasteiger partial charge in [0.15, 0.2) is 0 Å². The van der Waals surface area contributed by atoms with Gasteiger partial charge < -0.3 is 24.6 Å². The highest BCUT2D eigenvalue weighted by molar-refractivity contribution is 5.79. The van der Waals surface area contributed by atoms with Gasteiger partial charge >= 0.3 is 0 Å². The summed E-state index contributed by atoms with van der Waals surface area (Å²) in [6.45, 7) is 7.14. The van der Waals surface area contributed by atoms with Crippen molar-refractivity contribution in [2.24, 2.45) is 0 Å². The second-order valence-corrected chi connectivity index (χ2v) is 7.47. The average molecular weight is 364 g/mol. The minimum absolute atomic E-state index is 0.0196. The van der Waals surface area contributed by atoms with Gasteiger partial charge in [0.05, 0.1) is 26.2 Å². The van der Waals surface area contributed by atoms with Gasteiger partial charge in [0.2, 0.25) is 5.91 Å². The summed E-state index contributed by atoms with van der Waals surface area (Å²) in [5.41, 5.74) is -0.405. The van der Waals surface area contributed by atoms with E-state index in [1.54, 1.807) is 18.7 Å². The van der Waals surface area contributed by atoms with Crippen molar-refractivity contribution in [2.45, 2.75) is 38.7 Å². The third-order valence-corrected chi connectivity index (χ3v) is 5.10. The van der Waals surface area contributed by atoms with E-state index in [4.69, 9.17) is 4.74 Å². The Hall–Kier alpha value is -1.77. The molecule has 8 nitrogen and oxygen atoms in total. The van der Waals surface area contributed by atoms with E-state index in [2.05, 4.69) is 14.9 Å². The summed E-state index contributed by atoms with van der Waals surface area (Å²) in [7, 11) is 0. The van der Waals surface area contributed by atoms with E-state index in [-0.39, 0.29) is 31.0 Å². The molecule has 26 heavy (non-hydrogen) atoms. The predicted molar refractivity (Wildman–Crippen MR) is 96.1 cm³/mol. The topological polar surface area (TPSA) is 98.8 Å². The van der Waals surface area contributed by atoms with Crippen molar-refractivity contribution in [1.82, 2.24) is 19.8 Å². The lowest BCUT2D eigenvalue weighted by Gasteiger charge is -2.34. The van der Waals surface area contributed by atoms with Crippen LogP contribution in [0.4, 0.5) is 0 Å². The van der Waals surface area contributed by atoms with Crippen molar-refractivity contribution >= 4 is 5.91 Å². The van der Waals surface area contributed by atoms with Gasteiger partial charge in [-0.25, -0.2) is 4.98 Å². The van der Waals surface area contributed by atoms with Gasteiger partial charge in [-0.05, 0) is 39.8 Å². The minimum Gasteiger partial charge on any atom is -0.384 e. The van der Waals surface area contributed by atoms with Crippen LogP contribution in [0.15, 0.2) is 4.79 Å². The van der Waals surface area contributed by atoms with Crippen molar-refractivity contribution in [3.8, 4) is 0 Å². The van der Waals surface area contributed by atoms with Crippen LogP contribution in [0.25, 0.3) is 0 Å². The summed E-state index contributed by atoms with van der Waals surface area (Å²) >= 11 is 0. The Morgan fingerprint density at radius 3 is 2.73 bits per heavy atom. The second kappa shape index (κ2) is 7.85. The molecule has 1 amide bonds. The number of aromatic amines is 1. The number of aryl methyl sites for hydroxylation is 2. The largest absolute Gasteiger partial charge is 0.384 e. The minimum atomic E-state index is -1.08. The molecule has 0 bridgehead atoms. The molecule has 2 N–H and O–H groups in total. The molecule has 0 saturated carbocycles. The van der Waals surface area contributed by atoms with Crippen molar-refractivity contribution in [1.29, 1.82) is 0 Å². The number of aliphatic hydroxyl groups is 1. The van der Waals surface area contributed by atoms with Gasteiger partial charge in [0.25, 0.3) is 5.56 Å². The van der Waals surface area contributed by atoms with Gasteiger partial charge in [-0.3, -0.25) is 9.59 Å². The van der Waals surface area contributed by atoms with Gasteiger partial charge in [-0.1, -0.05) is 0 Å². The van der Waals surface area contributed by atoms with Crippen LogP contribution in [0.5, 0.6) is 0 Å². The molecule has 144 valence electrons. The summed E-state index contributed by atoms with van der Waals surface area (Å²) in [4.78, 5) is 35.7. The summed E-state index contributed by atoms with van der Waals surface area (Å²) in [5, 5.41) is 11.0. The molecular formula is C18H28N4O4. The first kappa shape index (κ1) is 19.0. The van der Waals surface area contributed by atoms with E-state index in [0.29, 0.717) is 36.8 Å². The van der Waals surface area contributed by atoms with E-state index >= 15 is 0 Å². The van der Waals surface area contributed by atoms with E-state index in [9.17, 15) is 14.7 Å². The van der Waals surface area contributed by atoms with Crippen molar-refractivity contribution in [3.63, 3.8) is 0 Å².